The molecule has 0 saturated heterocycles. The fraction of sp³-hybridized carbons (Fsp3) is 0.943. The first-order valence-corrected chi connectivity index (χ1v) is 48.7. The number of ether oxygens (including phenoxy) is 4. The van der Waals surface area contributed by atoms with Gasteiger partial charge >= 0.3 is 33.6 Å². The Kier molecular flexibility index (Phi) is 76.9. The van der Waals surface area contributed by atoms with Crippen LogP contribution in [0.15, 0.2) is 0 Å². The van der Waals surface area contributed by atoms with E-state index in [0.717, 1.165) is 167 Å². The van der Waals surface area contributed by atoms with E-state index in [2.05, 4.69) is 52.2 Å². The Morgan fingerprint density at radius 2 is 0.555 bits per heavy atom. The molecule has 110 heavy (non-hydrogen) atoms. The lowest BCUT2D eigenvalue weighted by Gasteiger charge is -2.31. The molecule has 0 spiro atoms. The fourth-order valence-electron chi connectivity index (χ4n) is 14.0. The Morgan fingerprint density at radius 1 is 0.309 bits per heavy atom. The third-order valence-corrected chi connectivity index (χ3v) is 22.9. The van der Waals surface area contributed by atoms with Gasteiger partial charge in [-0.25, -0.2) is 13.9 Å². The molecule has 0 saturated carbocycles. The zero-order valence-electron chi connectivity index (χ0n) is 72.1. The minimum atomic E-state index is -4.73. The topological polar surface area (TPSA) is 264 Å². The van der Waals surface area contributed by atoms with Crippen molar-refractivity contribution in [1.29, 1.82) is 0 Å². The molecular formula is C87H172N4O17P2. The van der Waals surface area contributed by atoms with Gasteiger partial charge in [0, 0.05) is 65.7 Å². The maximum atomic E-state index is 13.4. The van der Waals surface area contributed by atoms with Crippen molar-refractivity contribution in [2.75, 3.05) is 79.0 Å². The Labute approximate surface area is 673 Å². The van der Waals surface area contributed by atoms with Gasteiger partial charge in [-0.1, -0.05) is 337 Å². The van der Waals surface area contributed by atoms with Crippen LogP contribution in [0.2, 0.25) is 0 Å². The second kappa shape index (κ2) is 78.8. The number of hydrogen-bond acceptors (Lipinski definition) is 15. The SMILES string of the molecule is CCCCCCCCCCCCCCN(C(C)=O)C(COCC[C@@H](CCCCCCC)OC(=O)CCCCCCCCCCC)COP(=O)(O)OCCNC(=O)NCCOP(=O)(O)OC[C@@H](COCC[C@@H](CCCCCCC)OC(=O)CCCCCCCCCCC)N(CCCCCCCCCCCCCC)C(C)=O. The maximum Gasteiger partial charge on any atom is 0.472 e. The number of nitrogens with one attached hydrogen (secondary N) is 2. The van der Waals surface area contributed by atoms with Crippen LogP contribution in [0.1, 0.15) is 428 Å². The van der Waals surface area contributed by atoms with Crippen molar-refractivity contribution in [3.63, 3.8) is 0 Å². The molecule has 4 N–H and O–H groups in total. The van der Waals surface area contributed by atoms with Crippen LogP contribution >= 0.6 is 15.6 Å². The minimum absolute atomic E-state index is 0.00559. The summed E-state index contributed by atoms with van der Waals surface area (Å²) in [6.07, 6.45) is 62.1. The van der Waals surface area contributed by atoms with E-state index in [1.807, 2.05) is 0 Å². The number of amides is 4. The number of rotatable bonds is 86. The van der Waals surface area contributed by atoms with Crippen LogP contribution in [-0.2, 0) is 65.4 Å². The molecule has 23 heteroatoms. The number of phosphoric ester groups is 2. The second-order valence-corrected chi connectivity index (χ2v) is 34.3. The van der Waals surface area contributed by atoms with Crippen molar-refractivity contribution in [2.24, 2.45) is 0 Å². The summed E-state index contributed by atoms with van der Waals surface area (Å²) in [6.45, 7) is 15.5. The molecule has 0 fully saturated rings. The highest BCUT2D eigenvalue weighted by Gasteiger charge is 2.31. The van der Waals surface area contributed by atoms with Gasteiger partial charge < -0.3 is 49.2 Å². The van der Waals surface area contributed by atoms with Crippen molar-refractivity contribution >= 4 is 45.4 Å². The summed E-state index contributed by atoms with van der Waals surface area (Å²) in [6, 6.07) is -2.18. The van der Waals surface area contributed by atoms with Crippen molar-refractivity contribution in [2.45, 2.75) is 452 Å². The second-order valence-electron chi connectivity index (χ2n) is 31.4. The molecule has 4 amide bonds. The molecule has 0 radical (unpaired) electrons. The van der Waals surface area contributed by atoms with Gasteiger partial charge in [0.05, 0.1) is 64.9 Å². The number of urea groups is 1. The molecule has 0 aromatic carbocycles. The quantitative estimate of drug-likeness (QED) is 0.0250. The first-order chi connectivity index (χ1) is 53.4. The van der Waals surface area contributed by atoms with Crippen molar-refractivity contribution < 1.29 is 79.9 Å². The first kappa shape index (κ1) is 107. The summed E-state index contributed by atoms with van der Waals surface area (Å²) in [4.78, 5) is 91.0. The van der Waals surface area contributed by atoms with Crippen LogP contribution in [0.25, 0.3) is 0 Å². The molecule has 0 bridgehead atoms. The zero-order valence-corrected chi connectivity index (χ0v) is 73.9. The summed E-state index contributed by atoms with van der Waals surface area (Å²) in [5, 5.41) is 5.06. The summed E-state index contributed by atoms with van der Waals surface area (Å²) in [7, 11) is -9.46. The fourth-order valence-corrected chi connectivity index (χ4v) is 15.6. The van der Waals surface area contributed by atoms with Crippen LogP contribution in [0.4, 0.5) is 4.79 Å². The summed E-state index contributed by atoms with van der Waals surface area (Å²) in [5.74, 6) is -0.829. The highest BCUT2D eigenvalue weighted by Crippen LogP contribution is 2.44. The molecule has 6 atom stereocenters. The van der Waals surface area contributed by atoms with Gasteiger partial charge in [-0.3, -0.25) is 37.3 Å². The van der Waals surface area contributed by atoms with Gasteiger partial charge in [-0.05, 0) is 51.4 Å². The van der Waals surface area contributed by atoms with E-state index < -0.39 is 47.0 Å². The molecule has 0 rings (SSSR count). The average molecular weight is 1610 g/mol. The lowest BCUT2D eigenvalue weighted by Crippen LogP contribution is -2.45. The lowest BCUT2D eigenvalue weighted by atomic mass is 10.1. The largest absolute Gasteiger partial charge is 0.472 e. The smallest absolute Gasteiger partial charge is 0.462 e. The first-order valence-electron chi connectivity index (χ1n) is 45.7. The number of phosphoric acid groups is 2. The van der Waals surface area contributed by atoms with Gasteiger partial charge in [0.15, 0.2) is 0 Å². The molecule has 0 heterocycles. The van der Waals surface area contributed by atoms with Crippen LogP contribution in [-0.4, -0.2) is 153 Å². The minimum Gasteiger partial charge on any atom is -0.462 e. The number of nitrogens with zero attached hydrogens (tertiary/aromatic N) is 2. The molecule has 0 aromatic heterocycles. The Balaban J connectivity index is 5.84. The molecular weight excluding hydrogens is 1430 g/mol. The third kappa shape index (κ3) is 70.7. The van der Waals surface area contributed by atoms with E-state index in [0.29, 0.717) is 38.8 Å². The summed E-state index contributed by atoms with van der Waals surface area (Å²) >= 11 is 0. The Morgan fingerprint density at radius 3 is 0.818 bits per heavy atom. The molecule has 3 unspecified atom stereocenters. The standard InChI is InChI=1S/C87H172N4O17P2/c1-9-15-21-27-31-35-37-39-43-47-53-59-69-90(79(7)92)81(75-101-71-65-83(61-55-49-25-19-13-5)107-85(94)63-57-51-45-41-33-29-23-17-11-3)77-105-109(97,98)103-73-67-88-87(96)89-68-74-104-110(99,100)106-78-82(91(80(8)93)70-60-54-48-44-40-38-36-32-28-22-16-10-2)76-102-72-66-84(62-56-50-26-20-14-6)108-86(95)64-58-52-46-42-34-30-24-18-12-4/h81-84H,9-78H2,1-8H3,(H,97,98)(H,99,100)(H2,88,89,96)/t81-,82?,83-,84-/m1/s1. The molecule has 0 aromatic rings. The number of carbonyl (C=O) groups is 5. The molecule has 0 aliphatic carbocycles. The highest BCUT2D eigenvalue weighted by molar-refractivity contribution is 7.47. The summed E-state index contributed by atoms with van der Waals surface area (Å²) < 4.78 is 73.1. The maximum absolute atomic E-state index is 13.4. The van der Waals surface area contributed by atoms with Gasteiger partial charge in [0.25, 0.3) is 0 Å². The van der Waals surface area contributed by atoms with Crippen LogP contribution in [0.5, 0.6) is 0 Å². The van der Waals surface area contributed by atoms with Gasteiger partial charge in [-0.15, -0.1) is 0 Å². The molecule has 652 valence electrons. The van der Waals surface area contributed by atoms with Crippen molar-refractivity contribution in [3.05, 3.63) is 0 Å². The molecule has 0 aliphatic rings. The van der Waals surface area contributed by atoms with E-state index in [9.17, 15) is 42.9 Å². The van der Waals surface area contributed by atoms with Gasteiger partial charge in [0.1, 0.15) is 12.2 Å². The predicted molar refractivity (Wildman–Crippen MR) is 450 cm³/mol. The van der Waals surface area contributed by atoms with Crippen LogP contribution in [0, 0.1) is 0 Å². The average Bonchev–Trinajstić information content (AvgIpc) is 0.880. The van der Waals surface area contributed by atoms with Crippen molar-refractivity contribution in [1.82, 2.24) is 20.4 Å². The number of hydrogen-bond donors (Lipinski definition) is 4. The number of esters is 2. The summed E-state index contributed by atoms with van der Waals surface area (Å²) in [5.41, 5.74) is 0. The van der Waals surface area contributed by atoms with E-state index in [4.69, 9.17) is 37.0 Å². The Bertz CT molecular complexity index is 2060. The molecule has 0 aliphatic heterocycles. The number of carbonyl (C=O) groups excluding carboxylic acids is 5. The Hall–Kier alpha value is -2.71. The van der Waals surface area contributed by atoms with Gasteiger partial charge in [-0.2, -0.15) is 0 Å². The van der Waals surface area contributed by atoms with Crippen molar-refractivity contribution in [3.8, 4) is 0 Å². The van der Waals surface area contributed by atoms with Gasteiger partial charge in [0.2, 0.25) is 11.8 Å². The van der Waals surface area contributed by atoms with Crippen LogP contribution in [0.3, 0.4) is 0 Å². The third-order valence-electron chi connectivity index (χ3n) is 21.0. The number of unbranched alkanes of at least 4 members (excludes halogenated alkanes) is 46. The lowest BCUT2D eigenvalue weighted by molar-refractivity contribution is -0.151. The normalized spacial score (nSPS) is 13.8. The van der Waals surface area contributed by atoms with E-state index in [1.54, 1.807) is 9.80 Å². The van der Waals surface area contributed by atoms with Crippen LogP contribution < -0.4 is 10.6 Å². The van der Waals surface area contributed by atoms with E-state index in [-0.39, 0.29) is 88.7 Å². The molecule has 21 nitrogen and oxygen atoms in total. The van der Waals surface area contributed by atoms with E-state index >= 15 is 0 Å². The monoisotopic (exact) mass is 1610 g/mol. The highest BCUT2D eigenvalue weighted by atomic mass is 31.2. The zero-order chi connectivity index (χ0) is 80.9. The van der Waals surface area contributed by atoms with E-state index in [1.165, 1.54) is 194 Å². The predicted octanol–water partition coefficient (Wildman–Crippen LogP) is 23.6.